The summed E-state index contributed by atoms with van der Waals surface area (Å²) in [6.07, 6.45) is 18.6. The van der Waals surface area contributed by atoms with E-state index < -0.39 is 0 Å². The van der Waals surface area contributed by atoms with Crippen molar-refractivity contribution < 1.29 is 11.7 Å². The summed E-state index contributed by atoms with van der Waals surface area (Å²) in [4.78, 5) is 13.2. The van der Waals surface area contributed by atoms with Crippen molar-refractivity contribution in [3.63, 3.8) is 0 Å². The number of hydrogen-bond acceptors (Lipinski definition) is 1. The number of fused-ring (bicyclic) bond motifs is 1. The lowest BCUT2D eigenvalue weighted by atomic mass is 9.80. The van der Waals surface area contributed by atoms with Crippen LogP contribution in [0.3, 0.4) is 0 Å². The molecule has 2 saturated carbocycles. The topological polar surface area (TPSA) is 48.6 Å². The molecular formula is C40H50O2. The quantitative estimate of drug-likeness (QED) is 0.286. The third kappa shape index (κ3) is 7.90. The third-order valence-corrected chi connectivity index (χ3v) is 9.22. The van der Waals surface area contributed by atoms with E-state index in [0.717, 1.165) is 23.5 Å². The number of benzene rings is 3. The first-order chi connectivity index (χ1) is 20.2. The van der Waals surface area contributed by atoms with Gasteiger partial charge in [0.1, 0.15) is 0 Å². The molecule has 222 valence electrons. The summed E-state index contributed by atoms with van der Waals surface area (Å²) in [6, 6.07) is 24.5. The lowest BCUT2D eigenvalue weighted by Gasteiger charge is -2.23. The highest BCUT2D eigenvalue weighted by Crippen LogP contribution is 2.34. The van der Waals surface area contributed by atoms with Crippen LogP contribution in [-0.4, -0.2) is 11.3 Å². The monoisotopic (exact) mass is 562 g/mol. The van der Waals surface area contributed by atoms with Gasteiger partial charge in [-0.1, -0.05) is 131 Å². The van der Waals surface area contributed by atoms with Crippen LogP contribution in [0, 0.1) is 17.8 Å². The predicted octanol–water partition coefficient (Wildman–Crippen LogP) is 9.63. The predicted molar refractivity (Wildman–Crippen MR) is 179 cm³/mol. The molecule has 1 unspecified atom stereocenters. The van der Waals surface area contributed by atoms with Crippen molar-refractivity contribution in [3.05, 3.63) is 112 Å². The van der Waals surface area contributed by atoms with E-state index in [2.05, 4.69) is 78.6 Å². The zero-order valence-electron chi connectivity index (χ0n) is 25.6. The minimum absolute atomic E-state index is 0. The van der Waals surface area contributed by atoms with Crippen LogP contribution in [0.5, 0.6) is 0 Å². The van der Waals surface area contributed by atoms with Crippen LogP contribution in [0.15, 0.2) is 72.8 Å². The molecule has 3 aliphatic rings. The van der Waals surface area contributed by atoms with Gasteiger partial charge < -0.3 is 5.48 Å². The van der Waals surface area contributed by atoms with E-state index in [0.29, 0.717) is 12.3 Å². The summed E-state index contributed by atoms with van der Waals surface area (Å²) in [5.74, 6) is 8.37. The smallest absolute Gasteiger partial charge is 0.163 e. The SMILES string of the molecule is CC.O.O=C1C=Cc2ccc(Cc3ccc(C4CCCCC4)cc3)cc2C1Cc1ccccc1C#CC1CCCCC1.[HH]. The molecule has 2 N–H and O–H groups in total. The first kappa shape index (κ1) is 31.5. The van der Waals surface area contributed by atoms with Crippen LogP contribution in [0.2, 0.25) is 0 Å². The molecule has 0 spiro atoms. The number of rotatable bonds is 5. The van der Waals surface area contributed by atoms with Crippen molar-refractivity contribution in [2.24, 2.45) is 5.92 Å². The van der Waals surface area contributed by atoms with Crippen LogP contribution in [-0.2, 0) is 17.6 Å². The molecule has 0 bridgehead atoms. The highest BCUT2D eigenvalue weighted by Gasteiger charge is 2.26. The van der Waals surface area contributed by atoms with Gasteiger partial charge in [-0.25, -0.2) is 0 Å². The Hall–Kier alpha value is -3.41. The normalized spacial score (nSPS) is 18.5. The Morgan fingerprint density at radius 3 is 2.17 bits per heavy atom. The molecule has 42 heavy (non-hydrogen) atoms. The fraction of sp³-hybridized carbons (Fsp3) is 0.425. The first-order valence-electron chi connectivity index (χ1n) is 16.3. The van der Waals surface area contributed by atoms with Gasteiger partial charge in [-0.2, -0.15) is 0 Å². The second-order valence-electron chi connectivity index (χ2n) is 12.0. The average Bonchev–Trinajstić information content (AvgIpc) is 3.04. The van der Waals surface area contributed by atoms with Crippen molar-refractivity contribution in [1.82, 2.24) is 0 Å². The second-order valence-corrected chi connectivity index (χ2v) is 12.0. The highest BCUT2D eigenvalue weighted by atomic mass is 16.1. The molecule has 0 heterocycles. The van der Waals surface area contributed by atoms with E-state index in [1.165, 1.54) is 92.0 Å². The van der Waals surface area contributed by atoms with Gasteiger partial charge in [0.15, 0.2) is 5.78 Å². The van der Waals surface area contributed by atoms with Gasteiger partial charge in [-0.05, 0) is 90.0 Å². The van der Waals surface area contributed by atoms with E-state index in [1.54, 1.807) is 6.08 Å². The lowest BCUT2D eigenvalue weighted by Crippen LogP contribution is -2.18. The van der Waals surface area contributed by atoms with Crippen LogP contribution < -0.4 is 0 Å². The van der Waals surface area contributed by atoms with Crippen molar-refractivity contribution in [1.29, 1.82) is 0 Å². The van der Waals surface area contributed by atoms with Crippen LogP contribution in [0.1, 0.15) is 130 Å². The Morgan fingerprint density at radius 2 is 1.43 bits per heavy atom. The lowest BCUT2D eigenvalue weighted by molar-refractivity contribution is -0.116. The highest BCUT2D eigenvalue weighted by molar-refractivity contribution is 6.02. The van der Waals surface area contributed by atoms with Gasteiger partial charge in [0.2, 0.25) is 0 Å². The molecule has 0 aromatic heterocycles. The first-order valence-corrected chi connectivity index (χ1v) is 16.3. The van der Waals surface area contributed by atoms with E-state index in [1.807, 2.05) is 19.9 Å². The van der Waals surface area contributed by atoms with Gasteiger partial charge in [0.25, 0.3) is 0 Å². The molecule has 2 heteroatoms. The maximum absolute atomic E-state index is 13.2. The van der Waals surface area contributed by atoms with Gasteiger partial charge in [-0.15, -0.1) is 0 Å². The molecule has 0 aliphatic heterocycles. The van der Waals surface area contributed by atoms with E-state index in [9.17, 15) is 4.79 Å². The van der Waals surface area contributed by atoms with Gasteiger partial charge in [0, 0.05) is 12.9 Å². The molecule has 3 aromatic rings. The summed E-state index contributed by atoms with van der Waals surface area (Å²) in [7, 11) is 0. The van der Waals surface area contributed by atoms with E-state index >= 15 is 0 Å². The minimum Gasteiger partial charge on any atom is -0.412 e. The standard InChI is InChI=1S/C38H40O.C2H6.H2O.H2/c39-38-24-23-34-22-18-30(25-29-16-20-33(21-17-29)31-11-5-2-6-12-31)26-36(34)37(38)27-35-14-8-7-13-32(35)19-15-28-9-3-1-4-10-28;1-2;;/h7-8,13-14,16-18,20-24,26,28,31,37H,1-6,9-12,25,27H2;1-2H3;1H2;1H. The molecule has 0 saturated heterocycles. The Labute approximate surface area is 255 Å². The maximum atomic E-state index is 13.2. The fourth-order valence-electron chi connectivity index (χ4n) is 6.89. The van der Waals surface area contributed by atoms with Crippen molar-refractivity contribution >= 4 is 11.9 Å². The zero-order chi connectivity index (χ0) is 28.4. The number of ketones is 1. The van der Waals surface area contributed by atoms with Crippen molar-refractivity contribution in [3.8, 4) is 11.8 Å². The Bertz CT molecular complexity index is 1400. The summed E-state index contributed by atoms with van der Waals surface area (Å²) in [5, 5.41) is 0. The van der Waals surface area contributed by atoms with Gasteiger partial charge >= 0.3 is 0 Å². The molecular weight excluding hydrogens is 512 g/mol. The zero-order valence-corrected chi connectivity index (χ0v) is 25.6. The third-order valence-electron chi connectivity index (χ3n) is 9.22. The fourth-order valence-corrected chi connectivity index (χ4v) is 6.89. The molecule has 2 nitrogen and oxygen atoms in total. The summed E-state index contributed by atoms with van der Waals surface area (Å²) in [5.41, 5.74) is 8.72. The van der Waals surface area contributed by atoms with Gasteiger partial charge in [-0.3, -0.25) is 4.79 Å². The van der Waals surface area contributed by atoms with E-state index in [4.69, 9.17) is 0 Å². The van der Waals surface area contributed by atoms with Crippen LogP contribution in [0.4, 0.5) is 0 Å². The molecule has 3 aromatic carbocycles. The summed E-state index contributed by atoms with van der Waals surface area (Å²) in [6.45, 7) is 4.00. The number of hydrogen-bond donors (Lipinski definition) is 0. The van der Waals surface area contributed by atoms with Crippen molar-refractivity contribution in [2.45, 2.75) is 103 Å². The number of carbonyl (C=O) groups is 1. The number of allylic oxidation sites excluding steroid dienone is 1. The van der Waals surface area contributed by atoms with Crippen molar-refractivity contribution in [2.75, 3.05) is 0 Å². The molecule has 0 amide bonds. The molecule has 3 aliphatic carbocycles. The molecule has 6 rings (SSSR count). The minimum atomic E-state index is -0.156. The van der Waals surface area contributed by atoms with Crippen LogP contribution in [0.25, 0.3) is 6.08 Å². The Kier molecular flexibility index (Phi) is 11.8. The molecule has 1 atom stereocenters. The average molecular weight is 563 g/mol. The van der Waals surface area contributed by atoms with Gasteiger partial charge in [0.05, 0.1) is 5.92 Å². The number of carbonyl (C=O) groups excluding carboxylic acids is 1. The largest absolute Gasteiger partial charge is 0.412 e. The molecule has 0 radical (unpaired) electrons. The Balaban J connectivity index is 0.00000124. The molecule has 2 fully saturated rings. The summed E-state index contributed by atoms with van der Waals surface area (Å²) < 4.78 is 0. The Morgan fingerprint density at radius 1 is 0.762 bits per heavy atom. The second kappa shape index (κ2) is 15.7. The maximum Gasteiger partial charge on any atom is 0.163 e. The summed E-state index contributed by atoms with van der Waals surface area (Å²) >= 11 is 0. The van der Waals surface area contributed by atoms with E-state index in [-0.39, 0.29) is 18.6 Å². The van der Waals surface area contributed by atoms with Crippen LogP contribution >= 0.6 is 0 Å².